The van der Waals surface area contributed by atoms with Gasteiger partial charge >= 0.3 is 6.03 Å². The summed E-state index contributed by atoms with van der Waals surface area (Å²) in [6.07, 6.45) is 3.49. The van der Waals surface area contributed by atoms with Crippen LogP contribution in [0.3, 0.4) is 0 Å². The van der Waals surface area contributed by atoms with Gasteiger partial charge in [-0.15, -0.1) is 0 Å². The predicted octanol–water partition coefficient (Wildman–Crippen LogP) is 4.04. The van der Waals surface area contributed by atoms with Crippen LogP contribution in [-0.2, 0) is 10.2 Å². The Morgan fingerprint density at radius 3 is 2.62 bits per heavy atom. The van der Waals surface area contributed by atoms with Crippen molar-refractivity contribution in [1.29, 1.82) is 0 Å². The van der Waals surface area contributed by atoms with Crippen LogP contribution >= 0.6 is 0 Å². The van der Waals surface area contributed by atoms with Gasteiger partial charge in [0.25, 0.3) is 0 Å². The van der Waals surface area contributed by atoms with Crippen LogP contribution < -0.4 is 15.4 Å². The largest absolute Gasteiger partial charge is 0.476 e. The lowest BCUT2D eigenvalue weighted by molar-refractivity contribution is 0.0318. The third kappa shape index (κ3) is 5.89. The summed E-state index contributed by atoms with van der Waals surface area (Å²) in [5, 5.41) is 13.9. The minimum atomic E-state index is -0.405. The van der Waals surface area contributed by atoms with E-state index < -0.39 is 6.03 Å². The van der Waals surface area contributed by atoms with E-state index in [4.69, 9.17) is 14.0 Å². The normalized spacial score (nSPS) is 14.6. The number of morpholine rings is 1. The van der Waals surface area contributed by atoms with Gasteiger partial charge in [-0.3, -0.25) is 10.2 Å². The van der Waals surface area contributed by atoms with Crippen LogP contribution in [-0.4, -0.2) is 70.1 Å². The summed E-state index contributed by atoms with van der Waals surface area (Å²) in [5.74, 6) is 1.70. The Kier molecular flexibility index (Phi) is 7.06. The lowest BCUT2D eigenvalue weighted by Crippen LogP contribution is -2.38. The molecule has 11 heteroatoms. The van der Waals surface area contributed by atoms with Crippen molar-refractivity contribution >= 4 is 23.2 Å². The van der Waals surface area contributed by atoms with Crippen molar-refractivity contribution in [3.05, 3.63) is 54.6 Å². The van der Waals surface area contributed by atoms with Crippen LogP contribution in [0.4, 0.5) is 16.3 Å². The van der Waals surface area contributed by atoms with E-state index in [1.54, 1.807) is 23.0 Å². The number of nitrogens with one attached hydrogen (secondary N) is 2. The van der Waals surface area contributed by atoms with Gasteiger partial charge in [-0.2, -0.15) is 9.61 Å². The zero-order valence-corrected chi connectivity index (χ0v) is 21.2. The van der Waals surface area contributed by atoms with E-state index in [-0.39, 0.29) is 5.41 Å². The summed E-state index contributed by atoms with van der Waals surface area (Å²) in [5.41, 5.74) is 2.93. The molecule has 0 bridgehead atoms. The van der Waals surface area contributed by atoms with Crippen molar-refractivity contribution in [2.24, 2.45) is 0 Å². The number of rotatable bonds is 7. The first-order valence-corrected chi connectivity index (χ1v) is 12.3. The van der Waals surface area contributed by atoms with Gasteiger partial charge < -0.3 is 19.3 Å². The number of fused-ring (bicyclic) bond motifs is 1. The molecule has 11 nitrogen and oxygen atoms in total. The highest BCUT2D eigenvalue weighted by molar-refractivity contribution is 5.99. The molecular weight excluding hydrogens is 474 g/mol. The van der Waals surface area contributed by atoms with Gasteiger partial charge in [0.05, 0.1) is 19.4 Å². The van der Waals surface area contributed by atoms with E-state index in [1.165, 1.54) is 0 Å². The minimum Gasteiger partial charge on any atom is -0.476 e. The van der Waals surface area contributed by atoms with Crippen molar-refractivity contribution < 1.29 is 18.8 Å². The molecular formula is C26H31N7O4. The van der Waals surface area contributed by atoms with Gasteiger partial charge in [-0.1, -0.05) is 38.1 Å². The predicted molar refractivity (Wildman–Crippen MR) is 139 cm³/mol. The Hall–Kier alpha value is -3.96. The average Bonchev–Trinajstić information content (AvgIpc) is 3.53. The van der Waals surface area contributed by atoms with Gasteiger partial charge in [0.2, 0.25) is 5.88 Å². The molecule has 4 aromatic rings. The monoisotopic (exact) mass is 505 g/mol. The standard InChI is InChI=1S/C26H31N7O4/c1-26(2,3)21-16-22(31-37-21)30-25(34)29-19-6-4-18(5-7-19)20-17-28-33-23(8-9-27-24(20)33)36-15-12-32-10-13-35-14-11-32/h4-9,16-17H,10-15H2,1-3H3,(H2,29,30,31,34). The van der Waals surface area contributed by atoms with Crippen molar-refractivity contribution in [3.63, 3.8) is 0 Å². The first-order chi connectivity index (χ1) is 17.9. The van der Waals surface area contributed by atoms with Crippen molar-refractivity contribution in [2.75, 3.05) is 50.1 Å². The molecule has 0 aliphatic carbocycles. The molecule has 4 heterocycles. The Morgan fingerprint density at radius 1 is 1.11 bits per heavy atom. The number of benzene rings is 1. The van der Waals surface area contributed by atoms with Gasteiger partial charge in [-0.05, 0) is 17.7 Å². The van der Waals surface area contributed by atoms with E-state index in [2.05, 4.69) is 30.8 Å². The molecule has 1 aromatic carbocycles. The number of amides is 2. The molecule has 3 aromatic heterocycles. The summed E-state index contributed by atoms with van der Waals surface area (Å²) in [6, 6.07) is 10.6. The summed E-state index contributed by atoms with van der Waals surface area (Å²) in [6.45, 7) is 10.8. The molecule has 37 heavy (non-hydrogen) atoms. The number of hydrogen-bond donors (Lipinski definition) is 2. The first-order valence-electron chi connectivity index (χ1n) is 12.3. The number of carbonyl (C=O) groups excluding carboxylic acids is 1. The van der Waals surface area contributed by atoms with Crippen LogP contribution in [0.2, 0.25) is 0 Å². The molecule has 1 fully saturated rings. The molecule has 2 amide bonds. The SMILES string of the molecule is CC(C)(C)c1cc(NC(=O)Nc2ccc(-c3cnn4c(OCCN5CCOCC5)ccnc34)cc2)no1. The van der Waals surface area contributed by atoms with E-state index in [1.807, 2.05) is 51.1 Å². The fourth-order valence-electron chi connectivity index (χ4n) is 3.99. The summed E-state index contributed by atoms with van der Waals surface area (Å²) >= 11 is 0. The molecule has 0 atom stereocenters. The molecule has 1 aliphatic heterocycles. The first kappa shape index (κ1) is 24.7. The summed E-state index contributed by atoms with van der Waals surface area (Å²) < 4.78 is 18.4. The Bertz CT molecular complexity index is 1350. The van der Waals surface area contributed by atoms with Gasteiger partial charge in [0, 0.05) is 54.6 Å². The van der Waals surface area contributed by atoms with Crippen LogP contribution in [0.5, 0.6) is 5.88 Å². The Labute approximate surface area is 214 Å². The highest BCUT2D eigenvalue weighted by Crippen LogP contribution is 2.27. The van der Waals surface area contributed by atoms with Crippen LogP contribution in [0.15, 0.2) is 53.3 Å². The zero-order valence-electron chi connectivity index (χ0n) is 21.2. The lowest BCUT2D eigenvalue weighted by Gasteiger charge is -2.26. The second-order valence-corrected chi connectivity index (χ2v) is 9.86. The second-order valence-electron chi connectivity index (χ2n) is 9.86. The summed E-state index contributed by atoms with van der Waals surface area (Å²) in [7, 11) is 0. The minimum absolute atomic E-state index is 0.192. The fraction of sp³-hybridized carbons (Fsp3) is 0.385. The number of hydrogen-bond acceptors (Lipinski definition) is 8. The molecule has 1 aliphatic rings. The highest BCUT2D eigenvalue weighted by atomic mass is 16.5. The van der Waals surface area contributed by atoms with Crippen molar-refractivity contribution in [2.45, 2.75) is 26.2 Å². The molecule has 5 rings (SSSR count). The van der Waals surface area contributed by atoms with Crippen LogP contribution in [0.25, 0.3) is 16.8 Å². The molecule has 194 valence electrons. The number of anilines is 2. The molecule has 2 N–H and O–H groups in total. The van der Waals surface area contributed by atoms with Crippen molar-refractivity contribution in [1.82, 2.24) is 24.7 Å². The quantitative estimate of drug-likeness (QED) is 0.386. The molecule has 0 radical (unpaired) electrons. The smallest absolute Gasteiger partial charge is 0.324 e. The van der Waals surface area contributed by atoms with E-state index in [0.717, 1.165) is 44.0 Å². The average molecular weight is 506 g/mol. The van der Waals surface area contributed by atoms with E-state index in [9.17, 15) is 4.79 Å². The maximum absolute atomic E-state index is 12.4. The van der Waals surface area contributed by atoms with Gasteiger partial charge in [0.15, 0.2) is 11.5 Å². The molecule has 0 saturated carbocycles. The molecule has 1 saturated heterocycles. The summed E-state index contributed by atoms with van der Waals surface area (Å²) in [4.78, 5) is 19.2. The maximum Gasteiger partial charge on any atom is 0.324 e. The number of ether oxygens (including phenoxy) is 2. The third-order valence-electron chi connectivity index (χ3n) is 6.07. The van der Waals surface area contributed by atoms with Gasteiger partial charge in [0.1, 0.15) is 12.4 Å². The van der Waals surface area contributed by atoms with Crippen molar-refractivity contribution in [3.8, 4) is 17.0 Å². The Morgan fingerprint density at radius 2 is 1.89 bits per heavy atom. The topological polar surface area (TPSA) is 119 Å². The van der Waals surface area contributed by atoms with Crippen LogP contribution in [0.1, 0.15) is 26.5 Å². The zero-order chi connectivity index (χ0) is 25.8. The van der Waals surface area contributed by atoms with E-state index >= 15 is 0 Å². The lowest BCUT2D eigenvalue weighted by atomic mass is 9.93. The second kappa shape index (κ2) is 10.6. The van der Waals surface area contributed by atoms with Gasteiger partial charge in [-0.25, -0.2) is 9.78 Å². The van der Waals surface area contributed by atoms with Crippen LogP contribution in [0, 0.1) is 0 Å². The van der Waals surface area contributed by atoms with E-state index in [0.29, 0.717) is 35.4 Å². The molecule has 0 spiro atoms. The number of aromatic nitrogens is 4. The number of carbonyl (C=O) groups is 1. The number of urea groups is 1. The molecule has 0 unspecified atom stereocenters. The number of nitrogens with zero attached hydrogens (tertiary/aromatic N) is 5. The Balaban J connectivity index is 1.21. The third-order valence-corrected chi connectivity index (χ3v) is 6.07. The maximum atomic E-state index is 12.4. The highest BCUT2D eigenvalue weighted by Gasteiger charge is 2.20. The fourth-order valence-corrected chi connectivity index (χ4v) is 3.99.